The molecule has 0 aromatic heterocycles. The topological polar surface area (TPSA) is 49.3 Å². The Hall–Kier alpha value is -1.42. The first-order valence-electron chi connectivity index (χ1n) is 4.71. The summed E-state index contributed by atoms with van der Waals surface area (Å²) in [6.45, 7) is 1.51. The normalized spacial score (nSPS) is 12.5. The summed E-state index contributed by atoms with van der Waals surface area (Å²) >= 11 is 0. The lowest BCUT2D eigenvalue weighted by molar-refractivity contribution is 0.0991. The van der Waals surface area contributed by atoms with E-state index in [1.165, 1.54) is 25.1 Å². The van der Waals surface area contributed by atoms with Gasteiger partial charge in [0.15, 0.2) is 5.78 Å². The van der Waals surface area contributed by atoms with Crippen LogP contribution in [-0.4, -0.2) is 24.5 Å². The quantitative estimate of drug-likeness (QED) is 0.747. The van der Waals surface area contributed by atoms with E-state index < -0.39 is 6.17 Å². The summed E-state index contributed by atoms with van der Waals surface area (Å²) in [6, 6.07) is 4.20. The van der Waals surface area contributed by atoms with Crippen molar-refractivity contribution in [2.45, 2.75) is 13.1 Å². The van der Waals surface area contributed by atoms with Gasteiger partial charge < -0.3 is 10.4 Å². The number of nitrogens with one attached hydrogen (secondary N) is 1. The van der Waals surface area contributed by atoms with Crippen LogP contribution in [0.25, 0.3) is 0 Å². The van der Waals surface area contributed by atoms with E-state index in [1.807, 2.05) is 0 Å². The Kier molecular flexibility index (Phi) is 3.80. The number of hydrogen-bond donors (Lipinski definition) is 2. The Morgan fingerprint density at radius 3 is 2.80 bits per heavy atom. The van der Waals surface area contributed by atoms with Gasteiger partial charge in [0.1, 0.15) is 11.9 Å². The molecule has 0 amide bonds. The number of aromatic hydroxyl groups is 1. The number of Topliss-reactive ketones (excluding diaryl/α,β-unsaturated/α-hetero) is 1. The number of phenolic OH excluding ortho intramolecular Hbond substituents is 1. The average molecular weight is 211 g/mol. The predicted molar refractivity (Wildman–Crippen MR) is 55.9 cm³/mol. The molecule has 1 rings (SSSR count). The van der Waals surface area contributed by atoms with Crippen molar-refractivity contribution in [1.82, 2.24) is 5.32 Å². The molecule has 82 valence electrons. The molecular formula is C11H14FNO2. The standard InChI is InChI=1S/C11H14FNO2/c1-7(12)8-3-4-10(14)9(5-8)11(15)6-13-2/h3-5,7,13-14H,6H2,1-2H3. The molecule has 1 atom stereocenters. The smallest absolute Gasteiger partial charge is 0.180 e. The molecule has 15 heavy (non-hydrogen) atoms. The fraction of sp³-hybridized carbons (Fsp3) is 0.364. The van der Waals surface area contributed by atoms with Crippen molar-refractivity contribution in [1.29, 1.82) is 0 Å². The number of phenols is 1. The number of carbonyl (C=O) groups excluding carboxylic acids is 1. The molecule has 1 aromatic rings. The number of rotatable bonds is 4. The minimum atomic E-state index is -1.15. The third kappa shape index (κ3) is 2.76. The maximum atomic E-state index is 13.0. The van der Waals surface area contributed by atoms with Gasteiger partial charge in [0.25, 0.3) is 0 Å². The fourth-order valence-electron chi connectivity index (χ4n) is 1.28. The molecule has 0 saturated heterocycles. The lowest BCUT2D eigenvalue weighted by Crippen LogP contribution is -2.18. The van der Waals surface area contributed by atoms with Gasteiger partial charge in [-0.05, 0) is 31.7 Å². The van der Waals surface area contributed by atoms with Crippen LogP contribution in [0.3, 0.4) is 0 Å². The van der Waals surface area contributed by atoms with Crippen molar-refractivity contribution in [2.75, 3.05) is 13.6 Å². The van der Waals surface area contributed by atoms with Gasteiger partial charge in [0.05, 0.1) is 12.1 Å². The number of likely N-dealkylation sites (N-methyl/N-ethyl adjacent to an activating group) is 1. The molecule has 2 N–H and O–H groups in total. The van der Waals surface area contributed by atoms with Crippen LogP contribution in [0.5, 0.6) is 5.75 Å². The maximum absolute atomic E-state index is 13.0. The van der Waals surface area contributed by atoms with E-state index in [4.69, 9.17) is 0 Å². The van der Waals surface area contributed by atoms with Crippen molar-refractivity contribution in [3.05, 3.63) is 29.3 Å². The third-order valence-corrected chi connectivity index (χ3v) is 2.12. The largest absolute Gasteiger partial charge is 0.507 e. The third-order valence-electron chi connectivity index (χ3n) is 2.12. The number of hydrogen-bond acceptors (Lipinski definition) is 3. The van der Waals surface area contributed by atoms with Crippen LogP contribution in [0, 0.1) is 0 Å². The van der Waals surface area contributed by atoms with Crippen LogP contribution >= 0.6 is 0 Å². The predicted octanol–water partition coefficient (Wildman–Crippen LogP) is 1.82. The molecule has 0 aliphatic rings. The summed E-state index contributed by atoms with van der Waals surface area (Å²) in [5.41, 5.74) is 0.554. The van der Waals surface area contributed by atoms with Crippen molar-refractivity contribution in [3.63, 3.8) is 0 Å². The van der Waals surface area contributed by atoms with Crippen LogP contribution in [-0.2, 0) is 0 Å². The highest BCUT2D eigenvalue weighted by Crippen LogP contribution is 2.24. The highest BCUT2D eigenvalue weighted by atomic mass is 19.1. The molecule has 1 unspecified atom stereocenters. The van der Waals surface area contributed by atoms with Crippen LogP contribution in [0.2, 0.25) is 0 Å². The Balaban J connectivity index is 3.05. The summed E-state index contributed by atoms with van der Waals surface area (Å²) in [6.07, 6.45) is -1.15. The first-order chi connectivity index (χ1) is 7.06. The SMILES string of the molecule is CNCC(=O)c1cc(C(C)F)ccc1O. The van der Waals surface area contributed by atoms with Crippen molar-refractivity contribution < 1.29 is 14.3 Å². The molecule has 0 aliphatic heterocycles. The first-order valence-corrected chi connectivity index (χ1v) is 4.71. The number of carbonyl (C=O) groups is 1. The molecule has 3 nitrogen and oxygen atoms in total. The maximum Gasteiger partial charge on any atom is 0.180 e. The van der Waals surface area contributed by atoms with Gasteiger partial charge in [-0.1, -0.05) is 6.07 Å². The van der Waals surface area contributed by atoms with E-state index in [1.54, 1.807) is 7.05 Å². The monoisotopic (exact) mass is 211 g/mol. The molecule has 1 aromatic carbocycles. The molecule has 0 heterocycles. The molecule has 0 radical (unpaired) electrons. The van der Waals surface area contributed by atoms with Crippen molar-refractivity contribution in [2.24, 2.45) is 0 Å². The number of benzene rings is 1. The van der Waals surface area contributed by atoms with E-state index in [-0.39, 0.29) is 23.6 Å². The summed E-state index contributed by atoms with van der Waals surface area (Å²) < 4.78 is 13.0. The van der Waals surface area contributed by atoms with Gasteiger partial charge >= 0.3 is 0 Å². The summed E-state index contributed by atoms with van der Waals surface area (Å²) in [5.74, 6) is -0.364. The second-order valence-corrected chi connectivity index (χ2v) is 3.35. The second-order valence-electron chi connectivity index (χ2n) is 3.35. The van der Waals surface area contributed by atoms with Crippen LogP contribution < -0.4 is 5.32 Å². The van der Waals surface area contributed by atoms with E-state index in [9.17, 15) is 14.3 Å². The Morgan fingerprint density at radius 2 is 2.27 bits per heavy atom. The molecule has 0 fully saturated rings. The molecular weight excluding hydrogens is 197 g/mol. The number of halogens is 1. The van der Waals surface area contributed by atoms with Gasteiger partial charge in [-0.15, -0.1) is 0 Å². The minimum Gasteiger partial charge on any atom is -0.507 e. The lowest BCUT2D eigenvalue weighted by Gasteiger charge is -2.07. The van der Waals surface area contributed by atoms with Crippen LogP contribution in [0.15, 0.2) is 18.2 Å². The molecule has 0 spiro atoms. The zero-order chi connectivity index (χ0) is 11.4. The zero-order valence-corrected chi connectivity index (χ0v) is 8.75. The van der Waals surface area contributed by atoms with Crippen LogP contribution in [0.4, 0.5) is 4.39 Å². The fourth-order valence-corrected chi connectivity index (χ4v) is 1.28. The van der Waals surface area contributed by atoms with Gasteiger partial charge in [-0.2, -0.15) is 0 Å². The highest BCUT2D eigenvalue weighted by Gasteiger charge is 2.13. The Bertz CT molecular complexity index is 364. The zero-order valence-electron chi connectivity index (χ0n) is 8.75. The van der Waals surface area contributed by atoms with Crippen molar-refractivity contribution >= 4 is 5.78 Å². The summed E-state index contributed by atoms with van der Waals surface area (Å²) in [4.78, 5) is 11.5. The van der Waals surface area contributed by atoms with E-state index in [0.29, 0.717) is 5.56 Å². The van der Waals surface area contributed by atoms with Gasteiger partial charge in [-0.3, -0.25) is 4.79 Å². The van der Waals surface area contributed by atoms with E-state index in [2.05, 4.69) is 5.32 Å². The minimum absolute atomic E-state index is 0.111. The van der Waals surface area contributed by atoms with E-state index in [0.717, 1.165) is 0 Å². The summed E-state index contributed by atoms with van der Waals surface area (Å²) in [5, 5.41) is 12.1. The van der Waals surface area contributed by atoms with E-state index >= 15 is 0 Å². The number of alkyl halides is 1. The molecule has 0 aliphatic carbocycles. The molecule has 4 heteroatoms. The Labute approximate surface area is 87.9 Å². The average Bonchev–Trinajstić information content (AvgIpc) is 2.18. The number of ketones is 1. The second kappa shape index (κ2) is 4.89. The first kappa shape index (κ1) is 11.7. The summed E-state index contributed by atoms with van der Waals surface area (Å²) in [7, 11) is 1.64. The molecule has 0 bridgehead atoms. The van der Waals surface area contributed by atoms with Gasteiger partial charge in [0.2, 0.25) is 0 Å². The van der Waals surface area contributed by atoms with Gasteiger partial charge in [0, 0.05) is 0 Å². The van der Waals surface area contributed by atoms with Gasteiger partial charge in [-0.25, -0.2) is 4.39 Å². The Morgan fingerprint density at radius 1 is 1.60 bits per heavy atom. The highest BCUT2D eigenvalue weighted by molar-refractivity contribution is 6.00. The van der Waals surface area contributed by atoms with Crippen LogP contribution in [0.1, 0.15) is 29.0 Å². The van der Waals surface area contributed by atoms with Crippen molar-refractivity contribution in [3.8, 4) is 5.75 Å². The molecule has 0 saturated carbocycles. The lowest BCUT2D eigenvalue weighted by atomic mass is 10.0.